The Morgan fingerprint density at radius 1 is 1.12 bits per heavy atom. The average Bonchev–Trinajstić information content (AvgIpc) is 2.43. The van der Waals surface area contributed by atoms with Gasteiger partial charge in [0.1, 0.15) is 0 Å². The minimum Gasteiger partial charge on any atom is -0.346 e. The van der Waals surface area contributed by atoms with Crippen LogP contribution < -0.4 is 5.73 Å². The lowest BCUT2D eigenvalue weighted by Crippen LogP contribution is -2.30. The Kier molecular flexibility index (Phi) is 2.35. The normalized spacial score (nSPS) is 12.4. The van der Waals surface area contributed by atoms with Gasteiger partial charge in [-0.1, -0.05) is 6.07 Å². The number of fused-ring (bicyclic) bond motifs is 1. The minimum absolute atomic E-state index is 0.298. The molecule has 0 radical (unpaired) electrons. The number of rotatable bonds is 1. The van der Waals surface area contributed by atoms with Crippen molar-refractivity contribution < 1.29 is 0 Å². The van der Waals surface area contributed by atoms with Crippen molar-refractivity contribution in [2.75, 3.05) is 0 Å². The Bertz CT molecular complexity index is 542. The lowest BCUT2D eigenvalue weighted by Gasteiger charge is -2.19. The lowest BCUT2D eigenvalue weighted by molar-refractivity contribution is 0.516. The van der Waals surface area contributed by atoms with E-state index in [9.17, 15) is 0 Å². The van der Waals surface area contributed by atoms with E-state index in [1.54, 1.807) is 0 Å². The zero-order valence-corrected chi connectivity index (χ0v) is 10.8. The standard InChI is InChI=1S/C14H20N2/c1-9-6-10(2)11-8-13(14(3,4)15)16(5)12(11)7-9/h6-8H,15H2,1-5H3. The third-order valence-electron chi connectivity index (χ3n) is 3.17. The van der Waals surface area contributed by atoms with E-state index >= 15 is 0 Å². The van der Waals surface area contributed by atoms with Crippen LogP contribution >= 0.6 is 0 Å². The van der Waals surface area contributed by atoms with Crippen molar-refractivity contribution in [1.82, 2.24) is 4.57 Å². The molecule has 2 aromatic rings. The van der Waals surface area contributed by atoms with Gasteiger partial charge >= 0.3 is 0 Å². The first-order chi connectivity index (χ1) is 7.30. The fourth-order valence-corrected chi connectivity index (χ4v) is 2.40. The van der Waals surface area contributed by atoms with Crippen LogP contribution in [0.1, 0.15) is 30.7 Å². The Morgan fingerprint density at radius 2 is 1.75 bits per heavy atom. The van der Waals surface area contributed by atoms with Gasteiger partial charge in [0.2, 0.25) is 0 Å². The molecule has 16 heavy (non-hydrogen) atoms. The van der Waals surface area contributed by atoms with Gasteiger partial charge in [0.05, 0.1) is 5.54 Å². The summed E-state index contributed by atoms with van der Waals surface area (Å²) in [6.07, 6.45) is 0. The van der Waals surface area contributed by atoms with Crippen LogP contribution in [0.25, 0.3) is 10.9 Å². The fourth-order valence-electron chi connectivity index (χ4n) is 2.40. The van der Waals surface area contributed by atoms with Crippen LogP contribution in [0.4, 0.5) is 0 Å². The topological polar surface area (TPSA) is 30.9 Å². The monoisotopic (exact) mass is 216 g/mol. The van der Waals surface area contributed by atoms with Gasteiger partial charge in [-0.25, -0.2) is 0 Å². The van der Waals surface area contributed by atoms with E-state index < -0.39 is 0 Å². The molecule has 0 saturated carbocycles. The van der Waals surface area contributed by atoms with Crippen LogP contribution in [-0.4, -0.2) is 4.57 Å². The molecule has 2 N–H and O–H groups in total. The highest BCUT2D eigenvalue weighted by atomic mass is 15.0. The Morgan fingerprint density at radius 3 is 2.31 bits per heavy atom. The van der Waals surface area contributed by atoms with Crippen molar-refractivity contribution in [3.05, 3.63) is 35.0 Å². The highest BCUT2D eigenvalue weighted by molar-refractivity contribution is 5.85. The van der Waals surface area contributed by atoms with E-state index in [1.165, 1.54) is 27.7 Å². The summed E-state index contributed by atoms with van der Waals surface area (Å²) in [6, 6.07) is 6.65. The van der Waals surface area contributed by atoms with Crippen molar-refractivity contribution in [3.63, 3.8) is 0 Å². The van der Waals surface area contributed by atoms with Crippen molar-refractivity contribution in [2.45, 2.75) is 33.2 Å². The summed E-state index contributed by atoms with van der Waals surface area (Å²) < 4.78 is 2.20. The van der Waals surface area contributed by atoms with Gasteiger partial charge in [0, 0.05) is 23.6 Å². The first kappa shape index (κ1) is 11.2. The van der Waals surface area contributed by atoms with E-state index in [0.717, 1.165) is 0 Å². The number of nitrogens with two attached hydrogens (primary N) is 1. The molecule has 0 aliphatic carbocycles. The Labute approximate surface area is 97.1 Å². The maximum Gasteiger partial charge on any atom is 0.0506 e. The van der Waals surface area contributed by atoms with Gasteiger partial charge in [0.25, 0.3) is 0 Å². The number of hydrogen-bond donors (Lipinski definition) is 1. The molecule has 0 unspecified atom stereocenters. The van der Waals surface area contributed by atoms with E-state index in [4.69, 9.17) is 5.73 Å². The zero-order valence-electron chi connectivity index (χ0n) is 10.8. The molecule has 0 fully saturated rings. The number of benzene rings is 1. The second-order valence-electron chi connectivity index (χ2n) is 5.32. The number of hydrogen-bond acceptors (Lipinski definition) is 1. The van der Waals surface area contributed by atoms with Gasteiger partial charge in [-0.2, -0.15) is 0 Å². The number of aryl methyl sites for hydroxylation is 3. The molecule has 1 aromatic heterocycles. The van der Waals surface area contributed by atoms with Crippen molar-refractivity contribution in [2.24, 2.45) is 12.8 Å². The first-order valence-electron chi connectivity index (χ1n) is 5.67. The lowest BCUT2D eigenvalue weighted by atomic mass is 10.0. The second-order valence-corrected chi connectivity index (χ2v) is 5.32. The summed E-state index contributed by atoms with van der Waals surface area (Å²) >= 11 is 0. The summed E-state index contributed by atoms with van der Waals surface area (Å²) in [6.45, 7) is 8.38. The third-order valence-corrected chi connectivity index (χ3v) is 3.17. The highest BCUT2D eigenvalue weighted by Gasteiger charge is 2.20. The molecule has 2 heteroatoms. The van der Waals surface area contributed by atoms with Crippen LogP contribution in [0.3, 0.4) is 0 Å². The molecule has 0 bridgehead atoms. The van der Waals surface area contributed by atoms with Gasteiger partial charge < -0.3 is 10.3 Å². The summed E-state index contributed by atoms with van der Waals surface area (Å²) in [4.78, 5) is 0. The van der Waals surface area contributed by atoms with E-state index in [1.807, 2.05) is 13.8 Å². The van der Waals surface area contributed by atoms with Gasteiger partial charge in [0.15, 0.2) is 0 Å². The molecule has 0 aliphatic rings. The molecular weight excluding hydrogens is 196 g/mol. The van der Waals surface area contributed by atoms with Crippen LogP contribution in [-0.2, 0) is 12.6 Å². The molecule has 2 rings (SSSR count). The van der Waals surface area contributed by atoms with Crippen molar-refractivity contribution in [3.8, 4) is 0 Å². The van der Waals surface area contributed by atoms with Crippen LogP contribution in [0.5, 0.6) is 0 Å². The summed E-state index contributed by atoms with van der Waals surface area (Å²) in [7, 11) is 2.09. The highest BCUT2D eigenvalue weighted by Crippen LogP contribution is 2.28. The van der Waals surface area contributed by atoms with Crippen LogP contribution in [0.15, 0.2) is 18.2 Å². The molecule has 86 valence electrons. The molecule has 1 heterocycles. The van der Waals surface area contributed by atoms with Crippen molar-refractivity contribution in [1.29, 1.82) is 0 Å². The molecular formula is C14H20N2. The van der Waals surface area contributed by atoms with E-state index in [0.29, 0.717) is 0 Å². The number of nitrogens with zero attached hydrogens (tertiary/aromatic N) is 1. The molecule has 2 nitrogen and oxygen atoms in total. The van der Waals surface area contributed by atoms with Crippen molar-refractivity contribution >= 4 is 10.9 Å². The largest absolute Gasteiger partial charge is 0.346 e. The average molecular weight is 216 g/mol. The van der Waals surface area contributed by atoms with Crippen LogP contribution in [0.2, 0.25) is 0 Å². The molecule has 0 atom stereocenters. The first-order valence-corrected chi connectivity index (χ1v) is 5.67. The predicted molar refractivity (Wildman–Crippen MR) is 69.6 cm³/mol. The fraction of sp³-hybridized carbons (Fsp3) is 0.429. The summed E-state index contributed by atoms with van der Waals surface area (Å²) in [5.41, 5.74) is 11.0. The molecule has 0 spiro atoms. The van der Waals surface area contributed by atoms with Gasteiger partial charge in [-0.3, -0.25) is 0 Å². The zero-order chi connectivity index (χ0) is 12.1. The molecule has 0 aliphatic heterocycles. The molecule has 0 saturated heterocycles. The third kappa shape index (κ3) is 1.63. The molecule has 0 amide bonds. The second kappa shape index (κ2) is 3.36. The number of aromatic nitrogens is 1. The smallest absolute Gasteiger partial charge is 0.0506 e. The van der Waals surface area contributed by atoms with Gasteiger partial charge in [-0.15, -0.1) is 0 Å². The van der Waals surface area contributed by atoms with E-state index in [2.05, 4.69) is 43.7 Å². The maximum absolute atomic E-state index is 6.19. The van der Waals surface area contributed by atoms with E-state index in [-0.39, 0.29) is 5.54 Å². The quantitative estimate of drug-likeness (QED) is 0.780. The summed E-state index contributed by atoms with van der Waals surface area (Å²) in [5.74, 6) is 0. The maximum atomic E-state index is 6.19. The summed E-state index contributed by atoms with van der Waals surface area (Å²) in [5, 5.41) is 1.31. The minimum atomic E-state index is -0.298. The van der Waals surface area contributed by atoms with Crippen LogP contribution in [0, 0.1) is 13.8 Å². The Balaban J connectivity index is 2.83. The molecule has 1 aromatic carbocycles. The SMILES string of the molecule is Cc1cc(C)c2cc(C(C)(C)N)n(C)c2c1. The van der Waals surface area contributed by atoms with Gasteiger partial charge in [-0.05, 0) is 51.0 Å². The predicted octanol–water partition coefficient (Wildman–Crippen LogP) is 2.99. The Hall–Kier alpha value is -1.28.